The second kappa shape index (κ2) is 12.6. The standard InChI is InChI=1S/C30H39N5O6S/c1-21(2)17-23(18-27(38)33-15-13-32(14-16-33)19-22-7-4-3-5-8-22)30(39)34-12-10-24-28(34)26(37)20-35(24)42(40,41)29-25(36)9-6-11-31-29/h3-8,11,21,23-24,28H,9-10,12-20H2,1-2H3. The first-order valence-electron chi connectivity index (χ1n) is 14.7. The lowest BCUT2D eigenvalue weighted by molar-refractivity contribution is -0.144. The minimum Gasteiger partial charge on any atom is -0.340 e. The van der Waals surface area contributed by atoms with Crippen molar-refractivity contribution in [3.63, 3.8) is 0 Å². The molecule has 11 nitrogen and oxygen atoms in total. The summed E-state index contributed by atoms with van der Waals surface area (Å²) in [6, 6.07) is 8.53. The van der Waals surface area contributed by atoms with Gasteiger partial charge < -0.3 is 9.80 Å². The zero-order valence-electron chi connectivity index (χ0n) is 24.2. The maximum atomic E-state index is 13.9. The van der Waals surface area contributed by atoms with Crippen LogP contribution in [0.25, 0.3) is 0 Å². The SMILES string of the molecule is CC(C)CC(CC(=O)N1CCN(Cc2ccccc2)CC1)C(=O)N1CCC2C1C(=O)CN2S(=O)(=O)C1=NC=CCC1=O. The van der Waals surface area contributed by atoms with Crippen LogP contribution in [0.2, 0.25) is 0 Å². The van der Waals surface area contributed by atoms with E-state index in [1.165, 1.54) is 22.7 Å². The highest BCUT2D eigenvalue weighted by Gasteiger charge is 2.55. The van der Waals surface area contributed by atoms with E-state index in [2.05, 4.69) is 22.0 Å². The fraction of sp³-hybridized carbons (Fsp3) is 0.567. The molecule has 3 unspecified atom stereocenters. The lowest BCUT2D eigenvalue weighted by Gasteiger charge is -2.36. The average Bonchev–Trinajstić information content (AvgIpc) is 3.54. The largest absolute Gasteiger partial charge is 0.340 e. The maximum absolute atomic E-state index is 13.9. The van der Waals surface area contributed by atoms with Crippen LogP contribution in [0.3, 0.4) is 0 Å². The Hall–Kier alpha value is -3.22. The van der Waals surface area contributed by atoms with Gasteiger partial charge in [-0.25, -0.2) is 13.4 Å². The molecule has 0 saturated carbocycles. The van der Waals surface area contributed by atoms with E-state index >= 15 is 0 Å². The second-order valence-corrected chi connectivity index (χ2v) is 13.8. The molecule has 0 aromatic heterocycles. The first kappa shape index (κ1) is 30.2. The minimum atomic E-state index is -4.29. The summed E-state index contributed by atoms with van der Waals surface area (Å²) in [5, 5.41) is -0.560. The first-order chi connectivity index (χ1) is 20.1. The molecule has 4 aliphatic rings. The number of allylic oxidation sites excluding steroid dienone is 1. The zero-order valence-corrected chi connectivity index (χ0v) is 25.0. The van der Waals surface area contributed by atoms with Gasteiger partial charge in [0.15, 0.2) is 11.6 Å². The fourth-order valence-electron chi connectivity index (χ4n) is 6.51. The van der Waals surface area contributed by atoms with Crippen LogP contribution in [0.15, 0.2) is 47.6 Å². The number of hydrogen-bond donors (Lipinski definition) is 0. The molecule has 1 aromatic rings. The summed E-state index contributed by atoms with van der Waals surface area (Å²) >= 11 is 0. The van der Waals surface area contributed by atoms with Crippen LogP contribution in [0, 0.1) is 11.8 Å². The molecule has 3 atom stereocenters. The van der Waals surface area contributed by atoms with Gasteiger partial charge in [0.2, 0.25) is 16.9 Å². The summed E-state index contributed by atoms with van der Waals surface area (Å²) in [5.74, 6) is -1.81. The first-order valence-corrected chi connectivity index (χ1v) is 16.2. The van der Waals surface area contributed by atoms with Crippen molar-refractivity contribution in [3.8, 4) is 0 Å². The van der Waals surface area contributed by atoms with E-state index in [-0.39, 0.29) is 49.3 Å². The molecule has 0 spiro atoms. The minimum absolute atomic E-state index is 0.0530. The van der Waals surface area contributed by atoms with Gasteiger partial charge in [0.05, 0.1) is 12.6 Å². The van der Waals surface area contributed by atoms with E-state index in [1.807, 2.05) is 36.9 Å². The highest BCUT2D eigenvalue weighted by atomic mass is 32.2. The van der Waals surface area contributed by atoms with Crippen molar-refractivity contribution < 1.29 is 27.6 Å². The number of Topliss-reactive ketones (excluding diaryl/α,β-unsaturated/α-hetero) is 2. The van der Waals surface area contributed by atoms with Crippen LogP contribution >= 0.6 is 0 Å². The summed E-state index contributed by atoms with van der Waals surface area (Å²) in [7, 11) is -4.29. The van der Waals surface area contributed by atoms with Crippen molar-refractivity contribution in [2.45, 2.75) is 58.2 Å². The number of carbonyl (C=O) groups excluding carboxylic acids is 4. The molecule has 3 fully saturated rings. The molecular formula is C30H39N5O6S. The molecule has 4 aliphatic heterocycles. The predicted molar refractivity (Wildman–Crippen MR) is 157 cm³/mol. The number of aliphatic imine (C=N–C) groups is 1. The Balaban J connectivity index is 1.23. The van der Waals surface area contributed by atoms with Gasteiger partial charge >= 0.3 is 0 Å². The van der Waals surface area contributed by atoms with Crippen molar-refractivity contribution in [3.05, 3.63) is 48.2 Å². The van der Waals surface area contributed by atoms with Crippen molar-refractivity contribution in [1.29, 1.82) is 0 Å². The number of carbonyl (C=O) groups is 4. The van der Waals surface area contributed by atoms with Gasteiger partial charge in [0.25, 0.3) is 10.0 Å². The average molecular weight is 598 g/mol. The molecule has 0 radical (unpaired) electrons. The highest BCUT2D eigenvalue weighted by molar-refractivity contribution is 8.06. The summed E-state index contributed by atoms with van der Waals surface area (Å²) in [4.78, 5) is 62.1. The van der Waals surface area contributed by atoms with E-state index in [1.54, 1.807) is 0 Å². The number of amides is 2. The Labute approximate surface area is 247 Å². The fourth-order valence-corrected chi connectivity index (χ4v) is 8.18. The van der Waals surface area contributed by atoms with Crippen LogP contribution in [-0.4, -0.2) is 107 Å². The molecule has 0 bridgehead atoms. The van der Waals surface area contributed by atoms with Gasteiger partial charge in [-0.15, -0.1) is 0 Å². The van der Waals surface area contributed by atoms with E-state index < -0.39 is 45.4 Å². The molecule has 12 heteroatoms. The van der Waals surface area contributed by atoms with Crippen LogP contribution in [-0.2, 0) is 35.7 Å². The van der Waals surface area contributed by atoms with Crippen LogP contribution < -0.4 is 0 Å². The Bertz CT molecular complexity index is 1380. The molecule has 3 saturated heterocycles. The van der Waals surface area contributed by atoms with Crippen molar-refractivity contribution in [2.75, 3.05) is 39.3 Å². The zero-order chi connectivity index (χ0) is 30.0. The van der Waals surface area contributed by atoms with Gasteiger partial charge in [-0.1, -0.05) is 50.3 Å². The van der Waals surface area contributed by atoms with Gasteiger partial charge in [-0.2, -0.15) is 4.31 Å². The molecular weight excluding hydrogens is 558 g/mol. The lowest BCUT2D eigenvalue weighted by Crippen LogP contribution is -2.50. The van der Waals surface area contributed by atoms with E-state index in [9.17, 15) is 27.6 Å². The van der Waals surface area contributed by atoms with Crippen molar-refractivity contribution in [2.24, 2.45) is 16.8 Å². The van der Waals surface area contributed by atoms with Gasteiger partial charge in [-0.05, 0) is 24.3 Å². The summed E-state index contributed by atoms with van der Waals surface area (Å²) < 4.78 is 27.7. The quantitative estimate of drug-likeness (QED) is 0.444. The maximum Gasteiger partial charge on any atom is 0.264 e. The Morgan fingerprint density at radius 1 is 1.02 bits per heavy atom. The molecule has 226 valence electrons. The van der Waals surface area contributed by atoms with Gasteiger partial charge in [0.1, 0.15) is 6.04 Å². The number of ketones is 2. The third-order valence-electron chi connectivity index (χ3n) is 8.55. The highest BCUT2D eigenvalue weighted by Crippen LogP contribution is 2.35. The van der Waals surface area contributed by atoms with E-state index in [0.717, 1.165) is 23.9 Å². The normalized spacial score (nSPS) is 24.3. The molecule has 5 rings (SSSR count). The third-order valence-corrected chi connectivity index (χ3v) is 10.4. The van der Waals surface area contributed by atoms with Gasteiger partial charge in [0, 0.05) is 64.2 Å². The molecule has 42 heavy (non-hydrogen) atoms. The topological polar surface area (TPSA) is 128 Å². The molecule has 0 N–H and O–H groups in total. The predicted octanol–water partition coefficient (Wildman–Crippen LogP) is 1.45. The molecule has 4 heterocycles. The van der Waals surface area contributed by atoms with Crippen molar-refractivity contribution >= 4 is 38.4 Å². The van der Waals surface area contributed by atoms with Gasteiger partial charge in [-0.3, -0.25) is 24.1 Å². The molecule has 0 aliphatic carbocycles. The summed E-state index contributed by atoms with van der Waals surface area (Å²) in [6.07, 6.45) is 3.52. The number of rotatable bonds is 8. The van der Waals surface area contributed by atoms with E-state index in [4.69, 9.17) is 0 Å². The van der Waals surface area contributed by atoms with Crippen LogP contribution in [0.4, 0.5) is 0 Å². The second-order valence-electron chi connectivity index (χ2n) is 12.0. The third kappa shape index (κ3) is 6.25. The molecule has 1 aromatic carbocycles. The number of hydrogen-bond acceptors (Lipinski definition) is 8. The Morgan fingerprint density at radius 2 is 1.74 bits per heavy atom. The number of piperazine rings is 1. The molecule has 2 amide bonds. The van der Waals surface area contributed by atoms with E-state index in [0.29, 0.717) is 19.5 Å². The van der Waals surface area contributed by atoms with Crippen LogP contribution in [0.5, 0.6) is 0 Å². The van der Waals surface area contributed by atoms with Crippen molar-refractivity contribution in [1.82, 2.24) is 19.0 Å². The number of likely N-dealkylation sites (tertiary alicyclic amines) is 1. The summed E-state index contributed by atoms with van der Waals surface area (Å²) in [5.41, 5.74) is 1.23. The number of nitrogens with zero attached hydrogens (tertiary/aromatic N) is 5. The summed E-state index contributed by atoms with van der Waals surface area (Å²) in [6.45, 7) is 7.30. The Morgan fingerprint density at radius 3 is 2.40 bits per heavy atom. The smallest absolute Gasteiger partial charge is 0.264 e. The lowest BCUT2D eigenvalue weighted by atomic mass is 9.91. The van der Waals surface area contributed by atoms with Crippen LogP contribution in [0.1, 0.15) is 45.1 Å². The Kier molecular flexibility index (Phi) is 9.05. The number of sulfonamides is 1. The number of benzene rings is 1. The monoisotopic (exact) mass is 597 g/mol. The number of fused-ring (bicyclic) bond motifs is 1.